The summed E-state index contributed by atoms with van der Waals surface area (Å²) in [4.78, 5) is 12.4. The predicted molar refractivity (Wildman–Crippen MR) is 94.1 cm³/mol. The van der Waals surface area contributed by atoms with Gasteiger partial charge in [0.25, 0.3) is 0 Å². The fourth-order valence-corrected chi connectivity index (χ4v) is 3.31. The van der Waals surface area contributed by atoms with E-state index < -0.39 is 0 Å². The standard InChI is InChI=1S/C20H26N2O/c1-15-13-19(16(2)22(15)18-10-11-18)20(23)14-21-12-6-9-17-7-4-3-5-8-17/h3-5,7-8,13,18,21H,6,9-12,14H2,1-2H3. The zero-order valence-electron chi connectivity index (χ0n) is 14.1. The van der Waals surface area contributed by atoms with E-state index in [2.05, 4.69) is 54.1 Å². The number of hydrogen-bond donors (Lipinski definition) is 1. The molecular weight excluding hydrogens is 284 g/mol. The Kier molecular flexibility index (Phi) is 4.97. The summed E-state index contributed by atoms with van der Waals surface area (Å²) in [5.74, 6) is 0.213. The van der Waals surface area contributed by atoms with Gasteiger partial charge in [0, 0.05) is 23.0 Å². The first-order valence-electron chi connectivity index (χ1n) is 8.63. The molecule has 0 radical (unpaired) electrons. The topological polar surface area (TPSA) is 34.0 Å². The Hall–Kier alpha value is -1.87. The van der Waals surface area contributed by atoms with Crippen LogP contribution in [-0.4, -0.2) is 23.4 Å². The maximum Gasteiger partial charge on any atom is 0.178 e. The van der Waals surface area contributed by atoms with Crippen molar-refractivity contribution in [2.45, 2.75) is 45.6 Å². The first-order chi connectivity index (χ1) is 11.2. The SMILES string of the molecule is Cc1cc(C(=O)CNCCCc2ccccc2)c(C)n1C1CC1. The van der Waals surface area contributed by atoms with Crippen LogP contribution >= 0.6 is 0 Å². The van der Waals surface area contributed by atoms with E-state index in [1.54, 1.807) is 0 Å². The maximum absolute atomic E-state index is 12.4. The molecule has 1 saturated carbocycles. The van der Waals surface area contributed by atoms with Crippen molar-refractivity contribution in [2.24, 2.45) is 0 Å². The molecule has 0 aliphatic heterocycles. The van der Waals surface area contributed by atoms with Crippen LogP contribution in [-0.2, 0) is 6.42 Å². The molecule has 3 nitrogen and oxygen atoms in total. The van der Waals surface area contributed by atoms with Crippen molar-refractivity contribution in [3.05, 3.63) is 58.9 Å². The number of nitrogens with zero attached hydrogens (tertiary/aromatic N) is 1. The van der Waals surface area contributed by atoms with Crippen LogP contribution in [0.15, 0.2) is 36.4 Å². The summed E-state index contributed by atoms with van der Waals surface area (Å²) in [6.45, 7) is 5.50. The molecule has 3 rings (SSSR count). The number of ketones is 1. The van der Waals surface area contributed by atoms with Gasteiger partial charge in [0.1, 0.15) is 0 Å². The molecule has 2 aromatic rings. The van der Waals surface area contributed by atoms with E-state index in [1.807, 2.05) is 6.07 Å². The Morgan fingerprint density at radius 3 is 2.65 bits per heavy atom. The lowest BCUT2D eigenvalue weighted by molar-refractivity contribution is 0.0990. The van der Waals surface area contributed by atoms with E-state index in [1.165, 1.54) is 24.1 Å². The van der Waals surface area contributed by atoms with E-state index in [0.29, 0.717) is 12.6 Å². The Balaban J connectivity index is 1.45. The number of carbonyl (C=O) groups excluding carboxylic acids is 1. The average Bonchev–Trinajstić information content (AvgIpc) is 3.33. The quantitative estimate of drug-likeness (QED) is 0.593. The number of benzene rings is 1. The van der Waals surface area contributed by atoms with Crippen LogP contribution in [0.1, 0.15) is 52.6 Å². The van der Waals surface area contributed by atoms with Gasteiger partial charge in [-0.3, -0.25) is 4.79 Å². The second-order valence-electron chi connectivity index (χ2n) is 6.58. The van der Waals surface area contributed by atoms with Crippen LogP contribution in [0.2, 0.25) is 0 Å². The molecule has 1 heterocycles. The van der Waals surface area contributed by atoms with Gasteiger partial charge in [0.15, 0.2) is 5.78 Å². The van der Waals surface area contributed by atoms with Crippen molar-refractivity contribution in [1.29, 1.82) is 0 Å². The molecule has 1 aliphatic rings. The molecule has 1 N–H and O–H groups in total. The number of nitrogens with one attached hydrogen (secondary N) is 1. The number of hydrogen-bond acceptors (Lipinski definition) is 2. The molecular formula is C20H26N2O. The van der Waals surface area contributed by atoms with Crippen molar-refractivity contribution in [3.8, 4) is 0 Å². The highest BCUT2D eigenvalue weighted by Crippen LogP contribution is 2.38. The van der Waals surface area contributed by atoms with Crippen molar-refractivity contribution in [3.63, 3.8) is 0 Å². The number of rotatable bonds is 8. The second-order valence-corrected chi connectivity index (χ2v) is 6.58. The molecule has 0 spiro atoms. The van der Waals surface area contributed by atoms with Gasteiger partial charge in [-0.25, -0.2) is 0 Å². The first-order valence-corrected chi connectivity index (χ1v) is 8.63. The van der Waals surface area contributed by atoms with E-state index in [9.17, 15) is 4.79 Å². The summed E-state index contributed by atoms with van der Waals surface area (Å²) in [5, 5.41) is 3.30. The fourth-order valence-electron chi connectivity index (χ4n) is 3.31. The molecule has 1 aromatic heterocycles. The molecule has 122 valence electrons. The van der Waals surface area contributed by atoms with E-state index in [4.69, 9.17) is 0 Å². The molecule has 0 atom stereocenters. The predicted octanol–water partition coefficient (Wildman–Crippen LogP) is 3.84. The van der Waals surface area contributed by atoms with Crippen LogP contribution in [0.25, 0.3) is 0 Å². The zero-order chi connectivity index (χ0) is 16.2. The molecule has 1 fully saturated rings. The lowest BCUT2D eigenvalue weighted by Gasteiger charge is -2.08. The third-order valence-corrected chi connectivity index (χ3v) is 4.64. The lowest BCUT2D eigenvalue weighted by Crippen LogP contribution is -2.24. The van der Waals surface area contributed by atoms with Crippen molar-refractivity contribution < 1.29 is 4.79 Å². The fraction of sp³-hybridized carbons (Fsp3) is 0.450. The third kappa shape index (κ3) is 3.91. The summed E-state index contributed by atoms with van der Waals surface area (Å²) < 4.78 is 2.34. The van der Waals surface area contributed by atoms with Gasteiger partial charge < -0.3 is 9.88 Å². The lowest BCUT2D eigenvalue weighted by atomic mass is 10.1. The Bertz CT molecular complexity index is 668. The summed E-state index contributed by atoms with van der Waals surface area (Å²) in [7, 11) is 0. The van der Waals surface area contributed by atoms with E-state index in [-0.39, 0.29) is 5.78 Å². The number of Topliss-reactive ketones (excluding diaryl/α,β-unsaturated/α-hetero) is 1. The number of aromatic nitrogens is 1. The Labute approximate surface area is 138 Å². The Morgan fingerprint density at radius 2 is 1.96 bits per heavy atom. The highest BCUT2D eigenvalue weighted by atomic mass is 16.1. The van der Waals surface area contributed by atoms with Gasteiger partial charge in [0.2, 0.25) is 0 Å². The molecule has 1 aliphatic carbocycles. The van der Waals surface area contributed by atoms with Crippen LogP contribution in [0.5, 0.6) is 0 Å². The van der Waals surface area contributed by atoms with Gasteiger partial charge in [0.05, 0.1) is 6.54 Å². The molecule has 0 bridgehead atoms. The van der Waals surface area contributed by atoms with Gasteiger partial charge in [-0.15, -0.1) is 0 Å². The van der Waals surface area contributed by atoms with Crippen molar-refractivity contribution in [1.82, 2.24) is 9.88 Å². The molecule has 3 heteroatoms. The van der Waals surface area contributed by atoms with Gasteiger partial charge in [-0.2, -0.15) is 0 Å². The third-order valence-electron chi connectivity index (χ3n) is 4.64. The smallest absolute Gasteiger partial charge is 0.178 e. The molecule has 23 heavy (non-hydrogen) atoms. The van der Waals surface area contributed by atoms with Crippen molar-refractivity contribution in [2.75, 3.05) is 13.1 Å². The summed E-state index contributed by atoms with van der Waals surface area (Å²) in [6, 6.07) is 13.2. The molecule has 1 aromatic carbocycles. The van der Waals surface area contributed by atoms with Crippen LogP contribution in [0, 0.1) is 13.8 Å². The van der Waals surface area contributed by atoms with Crippen LogP contribution in [0.4, 0.5) is 0 Å². The summed E-state index contributed by atoms with van der Waals surface area (Å²) in [6.07, 6.45) is 4.61. The van der Waals surface area contributed by atoms with Crippen molar-refractivity contribution >= 4 is 5.78 Å². The molecule has 0 saturated heterocycles. The number of carbonyl (C=O) groups is 1. The average molecular weight is 310 g/mol. The highest BCUT2D eigenvalue weighted by Gasteiger charge is 2.28. The molecule has 0 amide bonds. The summed E-state index contributed by atoms with van der Waals surface area (Å²) in [5.41, 5.74) is 4.61. The van der Waals surface area contributed by atoms with Gasteiger partial charge in [-0.1, -0.05) is 30.3 Å². The highest BCUT2D eigenvalue weighted by molar-refractivity contribution is 5.99. The number of aryl methyl sites for hydroxylation is 2. The van der Waals surface area contributed by atoms with Crippen LogP contribution in [0.3, 0.4) is 0 Å². The van der Waals surface area contributed by atoms with Crippen LogP contribution < -0.4 is 5.32 Å². The normalized spacial score (nSPS) is 14.2. The van der Waals surface area contributed by atoms with E-state index >= 15 is 0 Å². The molecule has 0 unspecified atom stereocenters. The first kappa shape index (κ1) is 16.0. The monoisotopic (exact) mass is 310 g/mol. The van der Waals surface area contributed by atoms with Gasteiger partial charge >= 0.3 is 0 Å². The van der Waals surface area contributed by atoms with Gasteiger partial charge in [-0.05, 0) is 57.7 Å². The summed E-state index contributed by atoms with van der Waals surface area (Å²) >= 11 is 0. The minimum atomic E-state index is 0.213. The zero-order valence-corrected chi connectivity index (χ0v) is 14.1. The Morgan fingerprint density at radius 1 is 1.22 bits per heavy atom. The second kappa shape index (κ2) is 7.14. The maximum atomic E-state index is 12.4. The largest absolute Gasteiger partial charge is 0.345 e. The minimum absolute atomic E-state index is 0.213. The minimum Gasteiger partial charge on any atom is -0.345 e. The van der Waals surface area contributed by atoms with E-state index in [0.717, 1.165) is 30.6 Å².